The Bertz CT molecular complexity index is 1680. The van der Waals surface area contributed by atoms with Crippen LogP contribution in [0.1, 0.15) is 124 Å². The van der Waals surface area contributed by atoms with E-state index in [-0.39, 0.29) is 34.2 Å². The number of hydrogen-bond acceptors (Lipinski definition) is 9. The normalized spacial score (nSPS) is 29.1. The second-order valence-corrected chi connectivity index (χ2v) is 20.6. The second kappa shape index (κ2) is 23.0. The van der Waals surface area contributed by atoms with E-state index in [1.165, 1.54) is 62.5 Å². The molecule has 3 fully saturated rings. The van der Waals surface area contributed by atoms with E-state index in [0.717, 1.165) is 89.0 Å². The van der Waals surface area contributed by atoms with Crippen molar-refractivity contribution in [2.24, 2.45) is 28.6 Å². The molecule has 9 nitrogen and oxygen atoms in total. The van der Waals surface area contributed by atoms with Crippen LogP contribution in [0.25, 0.3) is 0 Å². The molecule has 2 unspecified atom stereocenters. The molecule has 330 valence electrons. The number of ether oxygens (including phenoxy) is 3. The fraction of sp³-hybridized carbons (Fsp3) is 0.692. The summed E-state index contributed by atoms with van der Waals surface area (Å²) in [6, 6.07) is 9.51. The van der Waals surface area contributed by atoms with Crippen LogP contribution in [0.5, 0.6) is 0 Å². The van der Waals surface area contributed by atoms with Crippen molar-refractivity contribution >= 4 is 0 Å². The molecular weight excluding hydrogens is 757 g/mol. The molecule has 0 radical (unpaired) electrons. The van der Waals surface area contributed by atoms with Crippen molar-refractivity contribution < 1.29 is 14.2 Å². The number of allylic oxidation sites excluding steroid dienone is 12. The largest absolute Gasteiger partial charge is 0.384 e. The molecule has 5 aliphatic carbocycles. The summed E-state index contributed by atoms with van der Waals surface area (Å²) in [5.41, 5.74) is 4.77. The first-order valence-corrected chi connectivity index (χ1v) is 23.2. The Hall–Kier alpha value is -3.80. The summed E-state index contributed by atoms with van der Waals surface area (Å²) in [6.07, 6.45) is 29.7. The fourth-order valence-corrected chi connectivity index (χ4v) is 10.8. The minimum Gasteiger partial charge on any atom is -0.384 e. The van der Waals surface area contributed by atoms with Crippen LogP contribution in [0.3, 0.4) is 0 Å². The van der Waals surface area contributed by atoms with Gasteiger partial charge in [-0.05, 0) is 161 Å². The number of nitriles is 4. The standard InChI is InChI=1S/C52H74N6O3/c1-51(2)29-40(24-43(31-51)45(33-53)34-54)10-8-38-12-16-47(17-13-38)57(5)20-22-60-49-26-42(37-59-7)27-50(28-49)61-23-21-58(6)48-18-14-39(15-19-48)9-11-41-25-44(46(35-55)36-56)32-52(3,4)30-41/h8-11,24-25,38-39,42,47-50H,12-23,26-32,37H2,1-7H3/b10-8+,11-9+. The summed E-state index contributed by atoms with van der Waals surface area (Å²) in [7, 11) is 6.30. The molecule has 9 heteroatoms. The molecule has 0 heterocycles. The Morgan fingerprint density at radius 1 is 0.623 bits per heavy atom. The maximum Gasteiger partial charge on any atom is 0.132 e. The quantitative estimate of drug-likeness (QED) is 0.140. The highest BCUT2D eigenvalue weighted by Crippen LogP contribution is 2.41. The van der Waals surface area contributed by atoms with Gasteiger partial charge in [0.1, 0.15) is 35.4 Å². The molecule has 0 aromatic rings. The molecule has 2 atom stereocenters. The minimum atomic E-state index is 0.0434. The van der Waals surface area contributed by atoms with Gasteiger partial charge in [0.15, 0.2) is 0 Å². The van der Waals surface area contributed by atoms with E-state index in [1.807, 2.05) is 0 Å². The highest BCUT2D eigenvalue weighted by Gasteiger charge is 2.32. The molecule has 0 aromatic carbocycles. The van der Waals surface area contributed by atoms with Crippen LogP contribution in [0, 0.1) is 73.9 Å². The Balaban J connectivity index is 1.000. The molecule has 0 bridgehead atoms. The Morgan fingerprint density at radius 3 is 1.38 bits per heavy atom. The molecule has 0 N–H and O–H groups in total. The predicted molar refractivity (Wildman–Crippen MR) is 242 cm³/mol. The third-order valence-electron chi connectivity index (χ3n) is 14.1. The van der Waals surface area contributed by atoms with Gasteiger partial charge in [0.05, 0.1) is 25.4 Å². The van der Waals surface area contributed by atoms with Crippen LogP contribution < -0.4 is 0 Å². The summed E-state index contributed by atoms with van der Waals surface area (Å²) >= 11 is 0. The first-order chi connectivity index (χ1) is 29.2. The second-order valence-electron chi connectivity index (χ2n) is 20.6. The number of likely N-dealkylation sites (N-methyl/N-ethyl adjacent to an activating group) is 2. The lowest BCUT2D eigenvalue weighted by molar-refractivity contribution is -0.0771. The van der Waals surface area contributed by atoms with Gasteiger partial charge in [0.2, 0.25) is 0 Å². The lowest BCUT2D eigenvalue weighted by Gasteiger charge is -2.37. The van der Waals surface area contributed by atoms with Crippen molar-refractivity contribution in [2.75, 3.05) is 54.1 Å². The van der Waals surface area contributed by atoms with Gasteiger partial charge in [0, 0.05) is 38.9 Å². The lowest BCUT2D eigenvalue weighted by Crippen LogP contribution is -2.40. The van der Waals surface area contributed by atoms with Crippen molar-refractivity contribution in [3.63, 3.8) is 0 Å². The lowest BCUT2D eigenvalue weighted by atomic mass is 9.74. The van der Waals surface area contributed by atoms with Gasteiger partial charge < -0.3 is 24.0 Å². The van der Waals surface area contributed by atoms with E-state index in [9.17, 15) is 21.0 Å². The zero-order valence-electron chi connectivity index (χ0n) is 38.6. The van der Waals surface area contributed by atoms with Gasteiger partial charge >= 0.3 is 0 Å². The van der Waals surface area contributed by atoms with Gasteiger partial charge in [-0.1, -0.05) is 64.2 Å². The predicted octanol–water partition coefficient (Wildman–Crippen LogP) is 10.5. The fourth-order valence-electron chi connectivity index (χ4n) is 10.8. The van der Waals surface area contributed by atoms with Crippen LogP contribution >= 0.6 is 0 Å². The first kappa shape index (κ1) is 48.2. The summed E-state index contributed by atoms with van der Waals surface area (Å²) in [5, 5.41) is 37.7. The van der Waals surface area contributed by atoms with Crippen LogP contribution in [0.4, 0.5) is 0 Å². The highest BCUT2D eigenvalue weighted by molar-refractivity contribution is 5.50. The molecule has 5 aliphatic rings. The smallest absolute Gasteiger partial charge is 0.132 e. The average molecular weight is 831 g/mol. The molecular formula is C52H74N6O3. The monoisotopic (exact) mass is 831 g/mol. The molecule has 0 saturated heterocycles. The average Bonchev–Trinajstić information content (AvgIpc) is 3.22. The van der Waals surface area contributed by atoms with Crippen molar-refractivity contribution in [1.29, 1.82) is 21.0 Å². The van der Waals surface area contributed by atoms with Crippen LogP contribution in [0.15, 0.2) is 69.9 Å². The van der Waals surface area contributed by atoms with E-state index in [1.54, 1.807) is 7.11 Å². The molecule has 0 spiro atoms. The van der Waals surface area contributed by atoms with E-state index in [0.29, 0.717) is 29.8 Å². The van der Waals surface area contributed by atoms with E-state index in [2.05, 4.69) is 112 Å². The number of nitrogens with zero attached hydrogens (tertiary/aromatic N) is 6. The maximum absolute atomic E-state index is 9.43. The summed E-state index contributed by atoms with van der Waals surface area (Å²) in [5.74, 6) is 1.58. The molecule has 0 aliphatic heterocycles. The Morgan fingerprint density at radius 2 is 1.02 bits per heavy atom. The zero-order valence-corrected chi connectivity index (χ0v) is 38.6. The molecule has 5 rings (SSSR count). The molecule has 0 aromatic heterocycles. The minimum absolute atomic E-state index is 0.0434. The van der Waals surface area contributed by atoms with Crippen LogP contribution in [-0.4, -0.2) is 88.2 Å². The Kier molecular flexibility index (Phi) is 18.2. The van der Waals surface area contributed by atoms with Crippen molar-refractivity contribution in [3.8, 4) is 24.3 Å². The van der Waals surface area contributed by atoms with E-state index in [4.69, 9.17) is 14.2 Å². The van der Waals surface area contributed by atoms with Gasteiger partial charge in [-0.2, -0.15) is 21.0 Å². The summed E-state index contributed by atoms with van der Waals surface area (Å²) < 4.78 is 18.8. The molecule has 61 heavy (non-hydrogen) atoms. The van der Waals surface area contributed by atoms with Gasteiger partial charge in [-0.15, -0.1) is 0 Å². The molecule has 3 saturated carbocycles. The maximum atomic E-state index is 9.43. The number of rotatable bonds is 16. The number of hydrogen-bond donors (Lipinski definition) is 0. The van der Waals surface area contributed by atoms with E-state index < -0.39 is 0 Å². The topological polar surface area (TPSA) is 129 Å². The first-order valence-electron chi connectivity index (χ1n) is 23.2. The van der Waals surface area contributed by atoms with E-state index >= 15 is 0 Å². The van der Waals surface area contributed by atoms with Gasteiger partial charge in [0.25, 0.3) is 0 Å². The zero-order chi connectivity index (χ0) is 44.0. The van der Waals surface area contributed by atoms with Crippen LogP contribution in [-0.2, 0) is 14.2 Å². The van der Waals surface area contributed by atoms with Gasteiger partial charge in [-0.3, -0.25) is 0 Å². The third kappa shape index (κ3) is 14.9. The van der Waals surface area contributed by atoms with Crippen molar-refractivity contribution in [2.45, 2.75) is 148 Å². The van der Waals surface area contributed by atoms with Gasteiger partial charge in [-0.25, -0.2) is 0 Å². The molecule has 0 amide bonds. The SMILES string of the molecule is COCC1CC(OCCN(C)C2CCC(/C=C/C3=CC(=C(C#N)C#N)CC(C)(C)C3)CC2)CC(OCCN(C)C2CCC(/C=C/C3=CC(=C(C#N)C#N)CC(C)(C)C3)CC2)C1. The number of methoxy groups -OCH3 is 1. The third-order valence-corrected chi connectivity index (χ3v) is 14.1. The highest BCUT2D eigenvalue weighted by atomic mass is 16.5. The van der Waals surface area contributed by atoms with Crippen molar-refractivity contribution in [3.05, 3.63) is 69.9 Å². The van der Waals surface area contributed by atoms with Crippen molar-refractivity contribution in [1.82, 2.24) is 9.80 Å². The summed E-state index contributed by atoms with van der Waals surface area (Å²) in [6.45, 7) is 13.0. The Labute approximate surface area is 369 Å². The summed E-state index contributed by atoms with van der Waals surface area (Å²) in [4.78, 5) is 5.01. The van der Waals surface area contributed by atoms with Crippen LogP contribution in [0.2, 0.25) is 0 Å².